The third-order valence-electron chi connectivity index (χ3n) is 2.58. The smallest absolute Gasteiger partial charge is 0.303 e. The lowest BCUT2D eigenvalue weighted by Gasteiger charge is -2.21. The molecule has 0 unspecified atom stereocenters. The fraction of sp³-hybridized carbons (Fsp3) is 0.800. The molecule has 1 N–H and O–H groups in total. The number of carbonyl (C=O) groups is 1. The third-order valence-corrected chi connectivity index (χ3v) is 2.58. The molecule has 3 nitrogen and oxygen atoms in total. The lowest BCUT2D eigenvalue weighted by molar-refractivity contribution is -0.144. The highest BCUT2D eigenvalue weighted by Crippen LogP contribution is 2.18. The van der Waals surface area contributed by atoms with Crippen LogP contribution in [0.5, 0.6) is 0 Å². The van der Waals surface area contributed by atoms with E-state index in [0.29, 0.717) is 0 Å². The molecule has 0 aromatic heterocycles. The summed E-state index contributed by atoms with van der Waals surface area (Å²) in [6.45, 7) is 9.27. The van der Waals surface area contributed by atoms with Crippen LogP contribution in [0, 0.1) is 17.3 Å². The van der Waals surface area contributed by atoms with Gasteiger partial charge in [0.25, 0.3) is 0 Å². The Labute approximate surface area is 111 Å². The highest BCUT2D eigenvalue weighted by molar-refractivity contribution is 5.66. The van der Waals surface area contributed by atoms with E-state index >= 15 is 0 Å². The first-order chi connectivity index (χ1) is 8.27. The van der Waals surface area contributed by atoms with Crippen molar-refractivity contribution in [3.8, 4) is 11.8 Å². The molecule has 0 spiro atoms. The van der Waals surface area contributed by atoms with Gasteiger partial charge in [0.15, 0.2) is 6.10 Å². The largest absolute Gasteiger partial charge is 0.449 e. The van der Waals surface area contributed by atoms with E-state index in [0.717, 1.165) is 25.7 Å². The number of unbranched alkanes of at least 4 members (excludes halogenated alkanes) is 2. The molecule has 0 rings (SSSR count). The maximum absolute atomic E-state index is 11.0. The summed E-state index contributed by atoms with van der Waals surface area (Å²) >= 11 is 0. The fourth-order valence-corrected chi connectivity index (χ4v) is 1.33. The second-order valence-corrected chi connectivity index (χ2v) is 5.65. The molecule has 0 saturated carbocycles. The zero-order valence-corrected chi connectivity index (χ0v) is 12.2. The second kappa shape index (κ2) is 8.16. The van der Waals surface area contributed by atoms with Crippen LogP contribution in [0.1, 0.15) is 60.3 Å². The molecule has 0 amide bonds. The van der Waals surface area contributed by atoms with Crippen LogP contribution in [0.4, 0.5) is 0 Å². The first-order valence-electron chi connectivity index (χ1n) is 6.63. The van der Waals surface area contributed by atoms with Crippen LogP contribution in [0.15, 0.2) is 0 Å². The predicted octanol–water partition coefficient (Wildman–Crippen LogP) is 2.91. The van der Waals surface area contributed by atoms with Crippen molar-refractivity contribution in [1.29, 1.82) is 0 Å². The van der Waals surface area contributed by atoms with Crippen molar-refractivity contribution >= 4 is 5.97 Å². The molecule has 0 heterocycles. The van der Waals surface area contributed by atoms with E-state index in [1.165, 1.54) is 6.92 Å². The van der Waals surface area contributed by atoms with Gasteiger partial charge in [-0.1, -0.05) is 52.4 Å². The summed E-state index contributed by atoms with van der Waals surface area (Å²) in [6, 6.07) is 0. The number of aliphatic hydroxyl groups excluding tert-OH is 1. The molecule has 2 atom stereocenters. The maximum atomic E-state index is 11.0. The van der Waals surface area contributed by atoms with Gasteiger partial charge in [-0.05, 0) is 18.3 Å². The summed E-state index contributed by atoms with van der Waals surface area (Å²) in [5.41, 5.74) is -0.281. The van der Waals surface area contributed by atoms with Crippen molar-refractivity contribution in [3.05, 3.63) is 0 Å². The lowest BCUT2D eigenvalue weighted by Crippen LogP contribution is -2.25. The average molecular weight is 254 g/mol. The quantitative estimate of drug-likeness (QED) is 0.466. The maximum Gasteiger partial charge on any atom is 0.303 e. The molecule has 0 aliphatic heterocycles. The van der Waals surface area contributed by atoms with Crippen LogP contribution in [0.25, 0.3) is 0 Å². The van der Waals surface area contributed by atoms with Crippen LogP contribution < -0.4 is 0 Å². The zero-order chi connectivity index (χ0) is 14.2. The van der Waals surface area contributed by atoms with E-state index in [1.807, 2.05) is 20.8 Å². The topological polar surface area (TPSA) is 46.5 Å². The van der Waals surface area contributed by atoms with Crippen molar-refractivity contribution in [3.63, 3.8) is 0 Å². The molecule has 0 aliphatic carbocycles. The van der Waals surface area contributed by atoms with Crippen molar-refractivity contribution < 1.29 is 14.6 Å². The number of ether oxygens (including phenoxy) is 1. The van der Waals surface area contributed by atoms with Gasteiger partial charge in [-0.25, -0.2) is 0 Å². The molecule has 0 aromatic rings. The van der Waals surface area contributed by atoms with Crippen LogP contribution in [-0.2, 0) is 9.53 Å². The first kappa shape index (κ1) is 17.0. The summed E-state index contributed by atoms with van der Waals surface area (Å²) in [5.74, 6) is 5.33. The number of esters is 1. The Bertz CT molecular complexity index is 304. The Morgan fingerprint density at radius 2 is 1.89 bits per heavy atom. The van der Waals surface area contributed by atoms with Gasteiger partial charge in [-0.15, -0.1) is 0 Å². The highest BCUT2D eigenvalue weighted by Gasteiger charge is 2.20. The monoisotopic (exact) mass is 254 g/mol. The normalized spacial score (nSPS) is 14.3. The molecule has 0 aromatic carbocycles. The van der Waals surface area contributed by atoms with Gasteiger partial charge in [-0.2, -0.15) is 0 Å². The third kappa shape index (κ3) is 8.14. The van der Waals surface area contributed by atoms with Crippen molar-refractivity contribution in [2.75, 3.05) is 0 Å². The molecule has 3 heteroatoms. The summed E-state index contributed by atoms with van der Waals surface area (Å²) in [5, 5.41) is 9.83. The Morgan fingerprint density at radius 1 is 1.28 bits per heavy atom. The Morgan fingerprint density at radius 3 is 2.33 bits per heavy atom. The molecule has 104 valence electrons. The van der Waals surface area contributed by atoms with E-state index in [9.17, 15) is 9.90 Å². The zero-order valence-electron chi connectivity index (χ0n) is 12.2. The Balaban J connectivity index is 4.48. The molecule has 0 fully saturated rings. The van der Waals surface area contributed by atoms with E-state index < -0.39 is 12.2 Å². The van der Waals surface area contributed by atoms with Gasteiger partial charge in [-0.3, -0.25) is 4.79 Å². The fourth-order valence-electron chi connectivity index (χ4n) is 1.33. The summed E-state index contributed by atoms with van der Waals surface area (Å²) in [7, 11) is 0. The lowest BCUT2D eigenvalue weighted by atomic mass is 9.89. The minimum Gasteiger partial charge on any atom is -0.449 e. The van der Waals surface area contributed by atoms with Crippen LogP contribution in [0.3, 0.4) is 0 Å². The van der Waals surface area contributed by atoms with E-state index in [-0.39, 0.29) is 11.4 Å². The molecule has 18 heavy (non-hydrogen) atoms. The Hall–Kier alpha value is -1.01. The van der Waals surface area contributed by atoms with Crippen molar-refractivity contribution in [1.82, 2.24) is 0 Å². The van der Waals surface area contributed by atoms with Gasteiger partial charge in [0.2, 0.25) is 0 Å². The second-order valence-electron chi connectivity index (χ2n) is 5.65. The van der Waals surface area contributed by atoms with Gasteiger partial charge in [0.05, 0.1) is 0 Å². The minimum atomic E-state index is -0.707. The predicted molar refractivity (Wildman–Crippen MR) is 72.9 cm³/mol. The van der Waals surface area contributed by atoms with Crippen molar-refractivity contribution in [2.24, 2.45) is 5.41 Å². The van der Waals surface area contributed by atoms with Gasteiger partial charge < -0.3 is 9.84 Å². The number of hydrogen-bond acceptors (Lipinski definition) is 3. The SMILES string of the molecule is CCCCC[C@@H](C#C[C@H](O)C(C)(C)C)OC(C)=O. The average Bonchev–Trinajstić information content (AvgIpc) is 2.23. The molecule has 0 bridgehead atoms. The van der Waals surface area contributed by atoms with Crippen LogP contribution >= 0.6 is 0 Å². The van der Waals surface area contributed by atoms with Gasteiger partial charge >= 0.3 is 5.97 Å². The van der Waals surface area contributed by atoms with E-state index in [1.54, 1.807) is 0 Å². The number of carbonyl (C=O) groups excluding carboxylic acids is 1. The number of rotatable bonds is 5. The van der Waals surface area contributed by atoms with Crippen LogP contribution in [0.2, 0.25) is 0 Å². The van der Waals surface area contributed by atoms with Gasteiger partial charge in [0, 0.05) is 6.92 Å². The van der Waals surface area contributed by atoms with Gasteiger partial charge in [0.1, 0.15) is 6.10 Å². The van der Waals surface area contributed by atoms with Crippen molar-refractivity contribution in [2.45, 2.75) is 72.5 Å². The molecular formula is C15H26O3. The number of aliphatic hydroxyl groups is 1. The molecule has 0 radical (unpaired) electrons. The Kier molecular flexibility index (Phi) is 7.70. The summed E-state index contributed by atoms with van der Waals surface area (Å²) in [6.07, 6.45) is 2.82. The highest BCUT2D eigenvalue weighted by atomic mass is 16.5. The van der Waals surface area contributed by atoms with E-state index in [4.69, 9.17) is 4.74 Å². The molecular weight excluding hydrogens is 228 g/mol. The standard InChI is InChI=1S/C15H26O3/c1-6-7-8-9-13(18-12(2)16)10-11-14(17)15(3,4)5/h13-14,17H,6-9H2,1-5H3/t13-,14-/m0/s1. The van der Waals surface area contributed by atoms with E-state index in [2.05, 4.69) is 18.8 Å². The molecule has 0 saturated heterocycles. The van der Waals surface area contributed by atoms with Crippen LogP contribution in [-0.4, -0.2) is 23.3 Å². The minimum absolute atomic E-state index is 0.281. The summed E-state index contributed by atoms with van der Waals surface area (Å²) < 4.78 is 5.14. The first-order valence-corrected chi connectivity index (χ1v) is 6.63. The number of hydrogen-bond donors (Lipinski definition) is 1. The summed E-state index contributed by atoms with van der Waals surface area (Å²) in [4.78, 5) is 11.0. The molecule has 0 aliphatic rings.